The van der Waals surface area contributed by atoms with Gasteiger partial charge in [-0.25, -0.2) is 0 Å². The fraction of sp³-hybridized carbons (Fsp3) is 0.760. The minimum absolute atomic E-state index is 0.252. The highest BCUT2D eigenvalue weighted by Gasteiger charge is 1.97. The third-order valence-corrected chi connectivity index (χ3v) is 4.58. The molecule has 0 aliphatic heterocycles. The van der Waals surface area contributed by atoms with E-state index in [1.807, 2.05) is 0 Å². The lowest BCUT2D eigenvalue weighted by molar-refractivity contribution is -0.0191. The molecule has 0 unspecified atom stereocenters. The van der Waals surface area contributed by atoms with E-state index in [2.05, 4.69) is 0 Å². The maximum Gasteiger partial charge on any atom is 0.119 e. The van der Waals surface area contributed by atoms with Crippen molar-refractivity contribution in [1.29, 1.82) is 0 Å². The number of phenols is 1. The molecule has 0 amide bonds. The molecule has 0 atom stereocenters. The van der Waals surface area contributed by atoms with Crippen LogP contribution in [-0.4, -0.2) is 105 Å². The van der Waals surface area contributed by atoms with E-state index in [9.17, 15) is 5.11 Å². The van der Waals surface area contributed by atoms with Crippen LogP contribution in [0, 0.1) is 0 Å². The number of phenolic OH excluding ortho intramolecular Hbond substituents is 1. The van der Waals surface area contributed by atoms with Gasteiger partial charge in [-0.05, 0) is 43.5 Å². The summed E-state index contributed by atoms with van der Waals surface area (Å²) in [5, 5.41) is 9.23. The quantitative estimate of drug-likeness (QED) is 0.197. The smallest absolute Gasteiger partial charge is 0.119 e. The Morgan fingerprint density at radius 2 is 0.853 bits per heavy atom. The standard InChI is InChI=1S/C25H44O9/c1-27-12-13-29-16-17-31-20-21-33-23-22-32-19-18-30-15-14-28-10-4-2-3-5-11-34-25-8-6-24(26)7-9-25/h6-9,26H,2-5,10-23H2,1H3. The lowest BCUT2D eigenvalue weighted by Gasteiger charge is -2.08. The van der Waals surface area contributed by atoms with Crippen LogP contribution in [-0.2, 0) is 33.2 Å². The van der Waals surface area contributed by atoms with Crippen molar-refractivity contribution in [3.05, 3.63) is 24.3 Å². The van der Waals surface area contributed by atoms with Crippen LogP contribution in [0.4, 0.5) is 0 Å². The van der Waals surface area contributed by atoms with Gasteiger partial charge in [-0.3, -0.25) is 0 Å². The summed E-state index contributed by atoms with van der Waals surface area (Å²) in [5.74, 6) is 1.04. The summed E-state index contributed by atoms with van der Waals surface area (Å²) < 4.78 is 43.1. The van der Waals surface area contributed by atoms with Crippen molar-refractivity contribution in [3.63, 3.8) is 0 Å². The molecule has 0 aliphatic rings. The van der Waals surface area contributed by atoms with Gasteiger partial charge in [-0.15, -0.1) is 0 Å². The summed E-state index contributed by atoms with van der Waals surface area (Å²) >= 11 is 0. The number of hydrogen-bond acceptors (Lipinski definition) is 9. The summed E-state index contributed by atoms with van der Waals surface area (Å²) in [5.41, 5.74) is 0. The first-order valence-corrected chi connectivity index (χ1v) is 12.2. The topological polar surface area (TPSA) is 94.1 Å². The van der Waals surface area contributed by atoms with Crippen LogP contribution >= 0.6 is 0 Å². The summed E-state index contributed by atoms with van der Waals surface area (Å²) in [6.07, 6.45) is 4.27. The maximum absolute atomic E-state index is 9.23. The van der Waals surface area contributed by atoms with Gasteiger partial charge in [-0.2, -0.15) is 0 Å². The van der Waals surface area contributed by atoms with Gasteiger partial charge < -0.3 is 43.0 Å². The van der Waals surface area contributed by atoms with E-state index in [0.29, 0.717) is 85.9 Å². The van der Waals surface area contributed by atoms with E-state index >= 15 is 0 Å². The number of unbranched alkanes of at least 4 members (excludes halogenated alkanes) is 3. The Hall–Kier alpha value is -1.46. The van der Waals surface area contributed by atoms with Crippen molar-refractivity contribution in [2.75, 3.05) is 99.6 Å². The molecule has 0 saturated heterocycles. The number of benzene rings is 1. The molecule has 1 aromatic carbocycles. The molecule has 0 heterocycles. The Morgan fingerprint density at radius 1 is 0.471 bits per heavy atom. The van der Waals surface area contributed by atoms with Gasteiger partial charge in [0.1, 0.15) is 11.5 Å². The molecule has 1 rings (SSSR count). The highest BCUT2D eigenvalue weighted by molar-refractivity contribution is 5.29. The Kier molecular flexibility index (Phi) is 22.2. The highest BCUT2D eigenvalue weighted by atomic mass is 16.6. The summed E-state index contributed by atoms with van der Waals surface area (Å²) in [6, 6.07) is 6.80. The minimum atomic E-state index is 0.252. The Bertz CT molecular complexity index is 528. The van der Waals surface area contributed by atoms with Crippen molar-refractivity contribution < 1.29 is 43.0 Å². The molecule has 0 saturated carbocycles. The van der Waals surface area contributed by atoms with E-state index in [1.165, 1.54) is 0 Å². The molecule has 0 aromatic heterocycles. The van der Waals surface area contributed by atoms with Crippen molar-refractivity contribution in [1.82, 2.24) is 0 Å². The second kappa shape index (κ2) is 24.7. The van der Waals surface area contributed by atoms with Gasteiger partial charge >= 0.3 is 0 Å². The molecule has 34 heavy (non-hydrogen) atoms. The van der Waals surface area contributed by atoms with Crippen molar-refractivity contribution in [3.8, 4) is 11.5 Å². The van der Waals surface area contributed by atoms with Gasteiger partial charge in [0, 0.05) is 13.7 Å². The summed E-state index contributed by atoms with van der Waals surface area (Å²) in [4.78, 5) is 0. The fourth-order valence-electron chi connectivity index (χ4n) is 2.74. The Balaban J connectivity index is 1.66. The van der Waals surface area contributed by atoms with Crippen molar-refractivity contribution in [2.24, 2.45) is 0 Å². The minimum Gasteiger partial charge on any atom is -0.508 e. The van der Waals surface area contributed by atoms with Gasteiger partial charge in [-0.1, -0.05) is 6.42 Å². The molecule has 1 N–H and O–H groups in total. The molecule has 0 radical (unpaired) electrons. The van der Waals surface area contributed by atoms with E-state index < -0.39 is 0 Å². The number of rotatable bonds is 26. The number of aromatic hydroxyl groups is 1. The average molecular weight is 489 g/mol. The largest absolute Gasteiger partial charge is 0.508 e. The highest BCUT2D eigenvalue weighted by Crippen LogP contribution is 2.16. The first-order valence-electron chi connectivity index (χ1n) is 12.2. The first-order chi connectivity index (χ1) is 16.8. The molecular weight excluding hydrogens is 444 g/mol. The zero-order chi connectivity index (χ0) is 24.4. The summed E-state index contributed by atoms with van der Waals surface area (Å²) in [7, 11) is 1.65. The molecule has 1 aromatic rings. The van der Waals surface area contributed by atoms with Crippen molar-refractivity contribution >= 4 is 0 Å². The number of methoxy groups -OCH3 is 1. The number of ether oxygens (including phenoxy) is 8. The monoisotopic (exact) mass is 488 g/mol. The van der Waals surface area contributed by atoms with Crippen LogP contribution in [0.15, 0.2) is 24.3 Å². The fourth-order valence-corrected chi connectivity index (χ4v) is 2.74. The SMILES string of the molecule is COCCOCCOCCOCCOCCOCCOCCCCCCOc1ccc(O)cc1. The second-order valence-electron chi connectivity index (χ2n) is 7.42. The zero-order valence-electron chi connectivity index (χ0n) is 20.8. The van der Waals surface area contributed by atoms with Crippen LogP contribution in [0.25, 0.3) is 0 Å². The van der Waals surface area contributed by atoms with Crippen LogP contribution in [0.5, 0.6) is 11.5 Å². The molecule has 0 aliphatic carbocycles. The van der Waals surface area contributed by atoms with E-state index in [4.69, 9.17) is 37.9 Å². The lowest BCUT2D eigenvalue weighted by atomic mass is 10.2. The maximum atomic E-state index is 9.23. The van der Waals surface area contributed by atoms with Gasteiger partial charge in [0.05, 0.1) is 85.9 Å². The second-order valence-corrected chi connectivity index (χ2v) is 7.42. The molecule has 0 spiro atoms. The first kappa shape index (κ1) is 30.6. The van der Waals surface area contributed by atoms with E-state index in [0.717, 1.165) is 38.0 Å². The number of hydrogen-bond donors (Lipinski definition) is 1. The molecular formula is C25H44O9. The Labute approximate surface area is 204 Å². The van der Waals surface area contributed by atoms with Gasteiger partial charge in [0.15, 0.2) is 0 Å². The van der Waals surface area contributed by atoms with E-state index in [-0.39, 0.29) is 5.75 Å². The lowest BCUT2D eigenvalue weighted by Crippen LogP contribution is -2.14. The van der Waals surface area contributed by atoms with Crippen LogP contribution < -0.4 is 4.74 Å². The van der Waals surface area contributed by atoms with Crippen molar-refractivity contribution in [2.45, 2.75) is 25.7 Å². The van der Waals surface area contributed by atoms with Crippen LogP contribution in [0.2, 0.25) is 0 Å². The molecule has 9 heteroatoms. The Morgan fingerprint density at radius 3 is 1.29 bits per heavy atom. The third kappa shape index (κ3) is 21.1. The zero-order valence-corrected chi connectivity index (χ0v) is 20.8. The molecule has 0 fully saturated rings. The molecule has 9 nitrogen and oxygen atoms in total. The van der Waals surface area contributed by atoms with Crippen LogP contribution in [0.3, 0.4) is 0 Å². The average Bonchev–Trinajstić information content (AvgIpc) is 2.85. The summed E-state index contributed by atoms with van der Waals surface area (Å²) in [6.45, 7) is 8.21. The van der Waals surface area contributed by atoms with E-state index in [1.54, 1.807) is 31.4 Å². The molecule has 0 bridgehead atoms. The normalized spacial score (nSPS) is 11.2. The molecule has 198 valence electrons. The van der Waals surface area contributed by atoms with Gasteiger partial charge in [0.25, 0.3) is 0 Å². The van der Waals surface area contributed by atoms with Gasteiger partial charge in [0.2, 0.25) is 0 Å². The predicted octanol–water partition coefficient (Wildman–Crippen LogP) is 3.08. The van der Waals surface area contributed by atoms with Crippen LogP contribution in [0.1, 0.15) is 25.7 Å². The predicted molar refractivity (Wildman–Crippen MR) is 129 cm³/mol. The third-order valence-electron chi connectivity index (χ3n) is 4.58.